The molecule has 0 saturated heterocycles. The quantitative estimate of drug-likeness (QED) is 0.657. The van der Waals surface area contributed by atoms with Crippen LogP contribution in [0.2, 0.25) is 0 Å². The van der Waals surface area contributed by atoms with Crippen molar-refractivity contribution in [3.8, 4) is 0 Å². The molecule has 1 aromatic carbocycles. The number of hydrogen-bond donors (Lipinski definition) is 0. The van der Waals surface area contributed by atoms with Gasteiger partial charge in [0.05, 0.1) is 0 Å². The van der Waals surface area contributed by atoms with Crippen molar-refractivity contribution in [3.05, 3.63) is 34.9 Å². The Morgan fingerprint density at radius 2 is 1.93 bits per heavy atom. The van der Waals surface area contributed by atoms with Crippen molar-refractivity contribution in [1.82, 2.24) is 0 Å². The Hall–Kier alpha value is -0.780. The normalized spacial score (nSPS) is 10.9. The molecule has 0 atom stereocenters. The third-order valence-electron chi connectivity index (χ3n) is 2.78. The lowest BCUT2D eigenvalue weighted by molar-refractivity contribution is 0.788. The summed E-state index contributed by atoms with van der Waals surface area (Å²) in [5, 5.41) is 0. The fraction of sp³-hybridized carbons (Fsp3) is 0.571. The summed E-state index contributed by atoms with van der Waals surface area (Å²) in [5.74, 6) is 0.650. The van der Waals surface area contributed by atoms with Gasteiger partial charge in [0.15, 0.2) is 0 Å². The summed E-state index contributed by atoms with van der Waals surface area (Å²) in [4.78, 5) is 0. The second-order valence-electron chi connectivity index (χ2n) is 4.45. The number of benzene rings is 1. The van der Waals surface area contributed by atoms with Crippen molar-refractivity contribution in [3.63, 3.8) is 0 Å². The first-order chi connectivity index (χ1) is 6.65. The van der Waals surface area contributed by atoms with Crippen molar-refractivity contribution in [2.75, 3.05) is 0 Å². The highest BCUT2D eigenvalue weighted by Crippen LogP contribution is 2.21. The maximum atomic E-state index is 2.38. The minimum absolute atomic E-state index is 0.650. The molecule has 0 saturated carbocycles. The number of rotatable bonds is 4. The lowest BCUT2D eigenvalue weighted by Crippen LogP contribution is -1.94. The molecule has 1 aromatic rings. The molecule has 0 radical (unpaired) electrons. The summed E-state index contributed by atoms with van der Waals surface area (Å²) >= 11 is 0. The first-order valence-corrected chi connectivity index (χ1v) is 5.74. The lowest BCUT2D eigenvalue weighted by Gasteiger charge is -2.11. The maximum absolute atomic E-state index is 2.38. The monoisotopic (exact) mass is 190 g/mol. The van der Waals surface area contributed by atoms with E-state index in [0.717, 1.165) is 0 Å². The average molecular weight is 190 g/mol. The molecule has 1 rings (SSSR count). The molecule has 0 aromatic heterocycles. The van der Waals surface area contributed by atoms with Crippen LogP contribution in [-0.4, -0.2) is 0 Å². The Morgan fingerprint density at radius 3 is 2.50 bits per heavy atom. The first kappa shape index (κ1) is 11.3. The molecular formula is C14H22. The van der Waals surface area contributed by atoms with E-state index in [9.17, 15) is 0 Å². The van der Waals surface area contributed by atoms with Gasteiger partial charge in [-0.1, -0.05) is 45.4 Å². The third-order valence-corrected chi connectivity index (χ3v) is 2.78. The molecule has 0 aliphatic rings. The summed E-state index contributed by atoms with van der Waals surface area (Å²) in [6.07, 6.45) is 3.82. The van der Waals surface area contributed by atoms with Crippen LogP contribution in [0.4, 0.5) is 0 Å². The van der Waals surface area contributed by atoms with Gasteiger partial charge in [0.2, 0.25) is 0 Å². The molecule has 0 spiro atoms. The largest absolute Gasteiger partial charge is 0.0654 e. The van der Waals surface area contributed by atoms with Crippen LogP contribution in [-0.2, 0) is 6.42 Å². The fourth-order valence-corrected chi connectivity index (χ4v) is 1.85. The Labute approximate surface area is 88.4 Å². The molecule has 0 unspecified atom stereocenters. The lowest BCUT2D eigenvalue weighted by atomic mass is 9.94. The predicted octanol–water partition coefficient (Wildman–Crippen LogP) is 4.46. The van der Waals surface area contributed by atoms with Gasteiger partial charge in [0.1, 0.15) is 0 Å². The van der Waals surface area contributed by atoms with Crippen LogP contribution in [0, 0.1) is 6.92 Å². The van der Waals surface area contributed by atoms with Gasteiger partial charge < -0.3 is 0 Å². The van der Waals surface area contributed by atoms with Gasteiger partial charge in [-0.05, 0) is 42.4 Å². The molecule has 78 valence electrons. The topological polar surface area (TPSA) is 0 Å². The van der Waals surface area contributed by atoms with Gasteiger partial charge in [-0.3, -0.25) is 0 Å². The van der Waals surface area contributed by atoms with Crippen molar-refractivity contribution >= 4 is 0 Å². The average Bonchev–Trinajstić information content (AvgIpc) is 2.16. The zero-order valence-electron chi connectivity index (χ0n) is 9.93. The van der Waals surface area contributed by atoms with Crippen LogP contribution >= 0.6 is 0 Å². The molecule has 14 heavy (non-hydrogen) atoms. The van der Waals surface area contributed by atoms with Gasteiger partial charge in [-0.2, -0.15) is 0 Å². The zero-order chi connectivity index (χ0) is 10.6. The van der Waals surface area contributed by atoms with E-state index in [4.69, 9.17) is 0 Å². The van der Waals surface area contributed by atoms with Crippen LogP contribution in [0.1, 0.15) is 56.2 Å². The van der Waals surface area contributed by atoms with Crippen molar-refractivity contribution in [2.24, 2.45) is 0 Å². The van der Waals surface area contributed by atoms with Crippen LogP contribution in [0.3, 0.4) is 0 Å². The molecule has 0 amide bonds. The van der Waals surface area contributed by atoms with Crippen molar-refractivity contribution in [1.29, 1.82) is 0 Å². The van der Waals surface area contributed by atoms with Gasteiger partial charge in [0.25, 0.3) is 0 Å². The summed E-state index contributed by atoms with van der Waals surface area (Å²) in [6, 6.07) is 6.92. The number of hydrogen-bond acceptors (Lipinski definition) is 0. The molecule has 0 fully saturated rings. The van der Waals surface area contributed by atoms with E-state index in [0.29, 0.717) is 5.92 Å². The molecule has 0 heterocycles. The van der Waals surface area contributed by atoms with E-state index in [2.05, 4.69) is 45.9 Å². The molecular weight excluding hydrogens is 168 g/mol. The van der Waals surface area contributed by atoms with Gasteiger partial charge in [-0.15, -0.1) is 0 Å². The van der Waals surface area contributed by atoms with Crippen molar-refractivity contribution in [2.45, 2.75) is 52.9 Å². The molecule has 0 aliphatic carbocycles. The first-order valence-electron chi connectivity index (χ1n) is 5.74. The zero-order valence-corrected chi connectivity index (χ0v) is 9.93. The molecule has 0 N–H and O–H groups in total. The van der Waals surface area contributed by atoms with Crippen LogP contribution < -0.4 is 0 Å². The smallest absolute Gasteiger partial charge is 0.0216 e. The standard InChI is InChI=1S/C14H22/c1-5-6-7-13-9-8-12(4)14(10-13)11(2)3/h8-11H,5-7H2,1-4H3. The van der Waals surface area contributed by atoms with E-state index in [-0.39, 0.29) is 0 Å². The number of unbranched alkanes of at least 4 members (excludes halogenated alkanes) is 1. The van der Waals surface area contributed by atoms with E-state index in [1.807, 2.05) is 0 Å². The Morgan fingerprint density at radius 1 is 1.21 bits per heavy atom. The number of aryl methyl sites for hydroxylation is 2. The summed E-state index contributed by atoms with van der Waals surface area (Å²) in [5.41, 5.74) is 4.44. The van der Waals surface area contributed by atoms with Crippen molar-refractivity contribution < 1.29 is 0 Å². The van der Waals surface area contributed by atoms with E-state index in [1.54, 1.807) is 0 Å². The highest BCUT2D eigenvalue weighted by molar-refractivity contribution is 5.33. The third kappa shape index (κ3) is 2.87. The minimum atomic E-state index is 0.650. The maximum Gasteiger partial charge on any atom is -0.0216 e. The molecule has 0 aliphatic heterocycles. The second kappa shape index (κ2) is 5.19. The molecule has 0 bridgehead atoms. The Balaban J connectivity index is 2.83. The predicted molar refractivity (Wildman–Crippen MR) is 63.9 cm³/mol. The van der Waals surface area contributed by atoms with Gasteiger partial charge in [0, 0.05) is 0 Å². The fourth-order valence-electron chi connectivity index (χ4n) is 1.85. The summed E-state index contributed by atoms with van der Waals surface area (Å²) < 4.78 is 0. The van der Waals surface area contributed by atoms with Gasteiger partial charge in [-0.25, -0.2) is 0 Å². The molecule has 0 nitrogen and oxygen atoms in total. The Bertz CT molecular complexity index is 284. The van der Waals surface area contributed by atoms with E-state index in [1.165, 1.54) is 36.0 Å². The summed E-state index contributed by atoms with van der Waals surface area (Å²) in [6.45, 7) is 8.99. The van der Waals surface area contributed by atoms with Crippen LogP contribution in [0.15, 0.2) is 18.2 Å². The minimum Gasteiger partial charge on any atom is -0.0654 e. The van der Waals surface area contributed by atoms with E-state index >= 15 is 0 Å². The second-order valence-corrected chi connectivity index (χ2v) is 4.45. The van der Waals surface area contributed by atoms with Gasteiger partial charge >= 0.3 is 0 Å². The molecule has 0 heteroatoms. The van der Waals surface area contributed by atoms with Crippen LogP contribution in [0.25, 0.3) is 0 Å². The SMILES string of the molecule is CCCCc1ccc(C)c(C(C)C)c1. The highest BCUT2D eigenvalue weighted by Gasteiger charge is 2.03. The van der Waals surface area contributed by atoms with E-state index < -0.39 is 0 Å². The summed E-state index contributed by atoms with van der Waals surface area (Å²) in [7, 11) is 0. The van der Waals surface area contributed by atoms with Crippen LogP contribution in [0.5, 0.6) is 0 Å². The highest BCUT2D eigenvalue weighted by atomic mass is 14.1. The Kier molecular flexibility index (Phi) is 4.19.